The van der Waals surface area contributed by atoms with Crippen LogP contribution in [0.25, 0.3) is 0 Å². The maximum atomic E-state index is 14.0. The third-order valence-corrected chi connectivity index (χ3v) is 5.51. The molecule has 0 saturated carbocycles. The molecule has 0 bridgehead atoms. The monoisotopic (exact) mass is 365 g/mol. The first-order valence-electron chi connectivity index (χ1n) is 7.60. The summed E-state index contributed by atoms with van der Waals surface area (Å²) >= 11 is 1.19. The van der Waals surface area contributed by atoms with E-state index in [-0.39, 0.29) is 5.56 Å². The van der Waals surface area contributed by atoms with Crippen molar-refractivity contribution in [2.45, 2.75) is 29.2 Å². The number of amides is 2. The van der Waals surface area contributed by atoms with Crippen molar-refractivity contribution in [3.05, 3.63) is 59.7 Å². The fourth-order valence-electron chi connectivity index (χ4n) is 3.08. The van der Waals surface area contributed by atoms with E-state index in [1.165, 1.54) is 28.8 Å². The Hall–Kier alpha value is -2.19. The summed E-state index contributed by atoms with van der Waals surface area (Å²) in [5.41, 5.74) is -2.08. The number of alkyl halides is 3. The van der Waals surface area contributed by atoms with Gasteiger partial charge in [0.1, 0.15) is 5.50 Å². The minimum Gasteiger partial charge on any atom is -0.308 e. The Kier molecular flexibility index (Phi) is 3.52. The number of para-hydroxylation sites is 1. The molecule has 8 heteroatoms. The molecule has 2 aliphatic heterocycles. The molecule has 2 amide bonds. The van der Waals surface area contributed by atoms with Crippen LogP contribution in [0.2, 0.25) is 0 Å². The zero-order valence-corrected chi connectivity index (χ0v) is 13.9. The summed E-state index contributed by atoms with van der Waals surface area (Å²) < 4.78 is 42.1. The number of nitrogens with one attached hydrogen (secondary N) is 2. The number of thioether (sulfide) groups is 1. The van der Waals surface area contributed by atoms with Gasteiger partial charge in [-0.2, -0.15) is 13.2 Å². The van der Waals surface area contributed by atoms with Gasteiger partial charge in [0.05, 0.1) is 5.69 Å². The lowest BCUT2D eigenvalue weighted by molar-refractivity contribution is -0.210. The second-order valence-corrected chi connectivity index (χ2v) is 7.12. The number of anilines is 1. The van der Waals surface area contributed by atoms with Crippen LogP contribution in [0.1, 0.15) is 11.1 Å². The average molecular weight is 365 g/mol. The first-order chi connectivity index (χ1) is 11.8. The van der Waals surface area contributed by atoms with Crippen LogP contribution in [0.4, 0.5) is 23.7 Å². The van der Waals surface area contributed by atoms with Crippen LogP contribution in [-0.4, -0.2) is 17.7 Å². The molecule has 2 heterocycles. The summed E-state index contributed by atoms with van der Waals surface area (Å²) in [5, 5.41) is 4.77. The van der Waals surface area contributed by atoms with Gasteiger partial charge >= 0.3 is 12.2 Å². The summed E-state index contributed by atoms with van der Waals surface area (Å²) in [6.45, 7) is 1.79. The maximum absolute atomic E-state index is 14.0. The minimum atomic E-state index is -4.71. The van der Waals surface area contributed by atoms with E-state index in [4.69, 9.17) is 0 Å². The summed E-state index contributed by atoms with van der Waals surface area (Å²) in [7, 11) is 0. The van der Waals surface area contributed by atoms with E-state index in [1.807, 2.05) is 0 Å². The summed E-state index contributed by atoms with van der Waals surface area (Å²) in [6, 6.07) is 12.2. The van der Waals surface area contributed by atoms with Crippen LogP contribution in [0, 0.1) is 6.92 Å². The molecule has 0 radical (unpaired) electrons. The van der Waals surface area contributed by atoms with E-state index in [2.05, 4.69) is 10.6 Å². The molecule has 4 rings (SSSR count). The third kappa shape index (κ3) is 2.39. The minimum absolute atomic E-state index is 0.0462. The largest absolute Gasteiger partial charge is 0.429 e. The van der Waals surface area contributed by atoms with Gasteiger partial charge in [-0.25, -0.2) is 4.79 Å². The molecular formula is C17H14F3N3OS. The van der Waals surface area contributed by atoms with Gasteiger partial charge in [-0.1, -0.05) is 53.7 Å². The molecule has 0 aliphatic carbocycles. The highest BCUT2D eigenvalue weighted by molar-refractivity contribution is 8.00. The number of benzene rings is 2. The Balaban J connectivity index is 1.79. The molecule has 2 N–H and O–H groups in total. The van der Waals surface area contributed by atoms with Gasteiger partial charge in [0.25, 0.3) is 0 Å². The summed E-state index contributed by atoms with van der Waals surface area (Å²) in [6.07, 6.45) is -4.71. The van der Waals surface area contributed by atoms with E-state index in [0.717, 1.165) is 10.5 Å². The van der Waals surface area contributed by atoms with Crippen LogP contribution in [0.15, 0.2) is 53.4 Å². The predicted octanol–water partition coefficient (Wildman–Crippen LogP) is 3.92. The number of fused-ring (bicyclic) bond motifs is 3. The zero-order chi connectivity index (χ0) is 17.8. The molecule has 1 saturated heterocycles. The van der Waals surface area contributed by atoms with Crippen LogP contribution in [-0.2, 0) is 5.66 Å². The van der Waals surface area contributed by atoms with Gasteiger partial charge in [-0.05, 0) is 19.1 Å². The van der Waals surface area contributed by atoms with Crippen molar-refractivity contribution < 1.29 is 18.0 Å². The number of urea groups is 1. The number of aryl methyl sites for hydroxylation is 1. The fourth-order valence-corrected chi connectivity index (χ4v) is 4.32. The smallest absolute Gasteiger partial charge is 0.308 e. The van der Waals surface area contributed by atoms with Crippen molar-refractivity contribution in [3.8, 4) is 0 Å². The normalized spacial score (nSPS) is 25.4. The lowest BCUT2D eigenvalue weighted by Gasteiger charge is -2.46. The number of rotatable bonds is 1. The molecule has 2 atom stereocenters. The van der Waals surface area contributed by atoms with Crippen molar-refractivity contribution in [2.75, 3.05) is 4.90 Å². The van der Waals surface area contributed by atoms with Crippen molar-refractivity contribution >= 4 is 23.5 Å². The highest BCUT2D eigenvalue weighted by Crippen LogP contribution is 2.48. The van der Waals surface area contributed by atoms with Crippen LogP contribution >= 0.6 is 11.8 Å². The highest BCUT2D eigenvalue weighted by atomic mass is 32.2. The van der Waals surface area contributed by atoms with E-state index in [0.29, 0.717) is 5.69 Å². The van der Waals surface area contributed by atoms with Crippen LogP contribution < -0.4 is 15.5 Å². The number of hydrogen-bond donors (Lipinski definition) is 2. The lowest BCUT2D eigenvalue weighted by Crippen LogP contribution is -2.75. The van der Waals surface area contributed by atoms with Crippen molar-refractivity contribution in [1.29, 1.82) is 0 Å². The SMILES string of the molecule is Cc1ccc([C@]2(C(F)(F)F)NC(=O)N3c4ccccc4S[C@H]3N2)cc1. The van der Waals surface area contributed by atoms with Gasteiger partial charge in [-0.3, -0.25) is 10.2 Å². The van der Waals surface area contributed by atoms with Gasteiger partial charge in [0, 0.05) is 10.5 Å². The second-order valence-electron chi connectivity index (χ2n) is 6.00. The predicted molar refractivity (Wildman–Crippen MR) is 89.1 cm³/mol. The van der Waals surface area contributed by atoms with Crippen LogP contribution in [0.3, 0.4) is 0 Å². The zero-order valence-electron chi connectivity index (χ0n) is 13.1. The Morgan fingerprint density at radius 3 is 2.48 bits per heavy atom. The Bertz CT molecular complexity index is 840. The number of carbonyl (C=O) groups is 1. The number of carbonyl (C=O) groups excluding carboxylic acids is 1. The quantitative estimate of drug-likeness (QED) is 0.805. The van der Waals surface area contributed by atoms with Gasteiger partial charge in [0.2, 0.25) is 5.66 Å². The molecular weight excluding hydrogens is 351 g/mol. The average Bonchev–Trinajstić information content (AvgIpc) is 2.92. The Morgan fingerprint density at radius 1 is 1.12 bits per heavy atom. The molecule has 0 aromatic heterocycles. The van der Waals surface area contributed by atoms with Crippen LogP contribution in [0.5, 0.6) is 0 Å². The first kappa shape index (κ1) is 16.3. The summed E-state index contributed by atoms with van der Waals surface area (Å²) in [5.74, 6) is 0. The topological polar surface area (TPSA) is 44.4 Å². The second kappa shape index (κ2) is 5.40. The molecule has 1 fully saturated rings. The van der Waals surface area contributed by atoms with Crippen molar-refractivity contribution in [1.82, 2.24) is 10.6 Å². The molecule has 130 valence electrons. The van der Waals surface area contributed by atoms with E-state index >= 15 is 0 Å². The fraction of sp³-hybridized carbons (Fsp3) is 0.235. The number of halogens is 3. The van der Waals surface area contributed by atoms with Gasteiger partial charge in [-0.15, -0.1) is 0 Å². The van der Waals surface area contributed by atoms with Crippen molar-refractivity contribution in [2.24, 2.45) is 0 Å². The van der Waals surface area contributed by atoms with E-state index < -0.39 is 23.4 Å². The van der Waals surface area contributed by atoms with Gasteiger partial charge in [0.15, 0.2) is 0 Å². The molecule has 2 aromatic rings. The third-order valence-electron chi connectivity index (χ3n) is 4.36. The molecule has 25 heavy (non-hydrogen) atoms. The number of hydrogen-bond acceptors (Lipinski definition) is 3. The van der Waals surface area contributed by atoms with Crippen molar-refractivity contribution in [3.63, 3.8) is 0 Å². The molecule has 0 spiro atoms. The lowest BCUT2D eigenvalue weighted by atomic mass is 9.96. The van der Waals surface area contributed by atoms with E-state index in [9.17, 15) is 18.0 Å². The molecule has 2 aliphatic rings. The highest BCUT2D eigenvalue weighted by Gasteiger charge is 2.62. The maximum Gasteiger partial charge on any atom is 0.429 e. The molecule has 2 aromatic carbocycles. The number of nitrogens with zero attached hydrogens (tertiary/aromatic N) is 1. The van der Waals surface area contributed by atoms with Gasteiger partial charge < -0.3 is 5.32 Å². The standard InChI is InChI=1S/C17H14F3N3OS/c1-10-6-8-11(9-7-10)16(17(18,19)20)21-14(24)23-12-4-2-3-5-13(12)25-15(23)22-16/h2-9,15,22H,1H3,(H,21,24)/t15-,16-/m0/s1. The molecule has 0 unspecified atom stereocenters. The molecule has 4 nitrogen and oxygen atoms in total. The Labute approximate surface area is 146 Å². The Morgan fingerprint density at radius 2 is 1.80 bits per heavy atom. The van der Waals surface area contributed by atoms with E-state index in [1.54, 1.807) is 43.3 Å². The first-order valence-corrected chi connectivity index (χ1v) is 8.48. The summed E-state index contributed by atoms with van der Waals surface area (Å²) in [4.78, 5) is 14.7.